The van der Waals surface area contributed by atoms with Crippen LogP contribution in [0, 0.1) is 0 Å². The second-order valence-electron chi connectivity index (χ2n) is 10.7. The Bertz CT molecular complexity index is 1110. The summed E-state index contributed by atoms with van der Waals surface area (Å²) in [6.07, 6.45) is 20.4. The predicted molar refractivity (Wildman–Crippen MR) is 201 cm³/mol. The summed E-state index contributed by atoms with van der Waals surface area (Å²) in [5.74, 6) is 0. The van der Waals surface area contributed by atoms with E-state index in [2.05, 4.69) is 87.7 Å². The Kier molecular flexibility index (Phi) is 27.5. The van der Waals surface area contributed by atoms with Crippen LogP contribution in [0.5, 0.6) is 0 Å². The van der Waals surface area contributed by atoms with E-state index < -0.39 is 0 Å². The lowest BCUT2D eigenvalue weighted by Crippen LogP contribution is -2.19. The summed E-state index contributed by atoms with van der Waals surface area (Å²) in [5.41, 5.74) is 6.08. The molecule has 2 aromatic carbocycles. The fourth-order valence-corrected chi connectivity index (χ4v) is 4.13. The molecule has 1 atom stereocenters. The predicted octanol–water partition coefficient (Wildman–Crippen LogP) is 9.82. The van der Waals surface area contributed by atoms with Crippen LogP contribution in [0.25, 0.3) is 17.8 Å². The van der Waals surface area contributed by atoms with Gasteiger partial charge in [0.25, 0.3) is 0 Å². The molecule has 1 unspecified atom stereocenters. The van der Waals surface area contributed by atoms with Crippen LogP contribution in [-0.4, -0.2) is 61.9 Å². The fourth-order valence-electron chi connectivity index (χ4n) is 4.13. The van der Waals surface area contributed by atoms with Gasteiger partial charge >= 0.3 is 0 Å². The van der Waals surface area contributed by atoms with E-state index in [1.165, 1.54) is 11.1 Å². The van der Waals surface area contributed by atoms with Crippen molar-refractivity contribution in [3.05, 3.63) is 101 Å². The number of nitrogens with zero attached hydrogens (tertiary/aromatic N) is 2. The average Bonchev–Trinajstić information content (AvgIpc) is 3.07. The van der Waals surface area contributed by atoms with E-state index in [-0.39, 0.29) is 18.1 Å². The molecule has 0 heterocycles. The highest BCUT2D eigenvalue weighted by molar-refractivity contribution is 5.84. The number of allylic oxidation sites excluding steroid dienone is 3. The van der Waals surface area contributed by atoms with E-state index in [0.717, 1.165) is 56.2 Å². The van der Waals surface area contributed by atoms with Gasteiger partial charge in [-0.3, -0.25) is 4.99 Å². The van der Waals surface area contributed by atoms with Gasteiger partial charge in [-0.1, -0.05) is 114 Å². The van der Waals surface area contributed by atoms with Crippen molar-refractivity contribution in [2.24, 2.45) is 4.99 Å². The Labute approximate surface area is 276 Å². The molecule has 0 bridgehead atoms. The summed E-state index contributed by atoms with van der Waals surface area (Å²) >= 11 is 0. The third-order valence-electron chi connectivity index (χ3n) is 7.10. The van der Waals surface area contributed by atoms with Gasteiger partial charge in [0.2, 0.25) is 0 Å². The van der Waals surface area contributed by atoms with E-state index >= 15 is 0 Å². The van der Waals surface area contributed by atoms with Crippen molar-refractivity contribution in [2.45, 2.75) is 92.6 Å². The van der Waals surface area contributed by atoms with E-state index in [4.69, 9.17) is 19.9 Å². The lowest BCUT2D eigenvalue weighted by molar-refractivity contribution is 0.0907. The van der Waals surface area contributed by atoms with Crippen LogP contribution in [-0.2, 0) is 10.2 Å². The van der Waals surface area contributed by atoms with Crippen LogP contribution in [0.15, 0.2) is 84.0 Å². The molecule has 2 N–H and O–H groups in total. The van der Waals surface area contributed by atoms with Gasteiger partial charge in [0.05, 0.1) is 11.8 Å². The van der Waals surface area contributed by atoms with Crippen molar-refractivity contribution in [2.75, 3.05) is 34.4 Å². The number of ether oxygens (including phenoxy) is 1. The van der Waals surface area contributed by atoms with Crippen LogP contribution in [0.1, 0.15) is 103 Å². The molecule has 0 spiro atoms. The van der Waals surface area contributed by atoms with Gasteiger partial charge in [0.1, 0.15) is 0 Å². The highest BCUT2D eigenvalue weighted by atomic mass is 16.5. The molecule has 0 aliphatic rings. The van der Waals surface area contributed by atoms with Crippen molar-refractivity contribution in [1.82, 2.24) is 4.90 Å². The number of aliphatic hydroxyl groups is 2. The molecule has 0 aliphatic heterocycles. The van der Waals surface area contributed by atoms with Crippen molar-refractivity contribution in [3.8, 4) is 0 Å². The molecule has 45 heavy (non-hydrogen) atoms. The normalized spacial score (nSPS) is 12.4. The maximum atomic E-state index is 8.47. The molecule has 0 radical (unpaired) electrons. The second kappa shape index (κ2) is 28.2. The van der Waals surface area contributed by atoms with Crippen LogP contribution in [0.4, 0.5) is 0 Å². The number of hydrogen-bond acceptors (Lipinski definition) is 5. The van der Waals surface area contributed by atoms with Crippen LogP contribution in [0.2, 0.25) is 0 Å². The summed E-state index contributed by atoms with van der Waals surface area (Å²) in [6.45, 7) is 17.9. The molecular formula is C40H64N2O3. The summed E-state index contributed by atoms with van der Waals surface area (Å²) in [4.78, 5) is 6.76. The zero-order valence-electron chi connectivity index (χ0n) is 30.3. The highest BCUT2D eigenvalue weighted by Gasteiger charge is 2.21. The number of aliphatic imine (C=N–C) groups is 1. The van der Waals surface area contributed by atoms with Gasteiger partial charge in [-0.15, -0.1) is 0 Å². The zero-order valence-corrected chi connectivity index (χ0v) is 30.3. The third-order valence-corrected chi connectivity index (χ3v) is 7.10. The molecule has 0 amide bonds. The molecule has 0 saturated carbocycles. The summed E-state index contributed by atoms with van der Waals surface area (Å²) < 4.78 is 5.39. The number of rotatable bonds is 15. The van der Waals surface area contributed by atoms with Gasteiger partial charge in [-0.25, -0.2) is 0 Å². The molecule has 0 aliphatic carbocycles. The fraction of sp³-hybridized carbons (Fsp3) is 0.475. The Hall–Kier alpha value is -3.25. The maximum Gasteiger partial charge on any atom is 0.0860 e. The lowest BCUT2D eigenvalue weighted by atomic mass is 9.77. The molecule has 0 fully saturated rings. The summed E-state index contributed by atoms with van der Waals surface area (Å²) in [7, 11) is 5.05. The molecule has 2 rings (SSSR count). The molecule has 0 saturated heterocycles. The summed E-state index contributed by atoms with van der Waals surface area (Å²) in [6, 6.07) is 17.4. The standard InChI is InChI=1S/C28H36N2.C9H18O2.C2H6.CH4O/c1-7-11-23-13-15-24(16-14-23)12-10-21-29-27(22-30(5)6)25-17-19-26(20-18-25)28(4,8-2)9-3;1-3-6-9(2)11-8-5-4-7-10;2*1-2/h7,10-22H,8-9H2,1-6H3;3,6,9-10H,4-5,7-8H2,1-2H3;1-2H3;2H,1H3/b11-7+,12-10+,27-22-,29-21+;6-3-;;. The van der Waals surface area contributed by atoms with Gasteiger partial charge in [-0.2, -0.15) is 0 Å². The van der Waals surface area contributed by atoms with E-state index in [9.17, 15) is 0 Å². The van der Waals surface area contributed by atoms with Crippen molar-refractivity contribution in [3.63, 3.8) is 0 Å². The third kappa shape index (κ3) is 19.7. The number of benzene rings is 2. The smallest absolute Gasteiger partial charge is 0.0860 e. The Morgan fingerprint density at radius 1 is 0.889 bits per heavy atom. The van der Waals surface area contributed by atoms with E-state index in [1.807, 2.05) is 84.1 Å². The molecule has 252 valence electrons. The van der Waals surface area contributed by atoms with Crippen molar-refractivity contribution >= 4 is 24.1 Å². The largest absolute Gasteiger partial charge is 0.400 e. The molecule has 5 heteroatoms. The topological polar surface area (TPSA) is 65.3 Å². The average molecular weight is 621 g/mol. The minimum Gasteiger partial charge on any atom is -0.400 e. The van der Waals surface area contributed by atoms with Gasteiger partial charge < -0.3 is 19.8 Å². The SMILES string of the molecule is C/C=C/c1ccc(/C=C/C=N/C(=C\N(C)C)c2ccc(C(C)(CC)CC)cc2)cc1.C/C=C\C(C)OCCCCO.CC.CO. The molecular weight excluding hydrogens is 556 g/mol. The first-order chi connectivity index (χ1) is 21.7. The first-order valence-electron chi connectivity index (χ1n) is 16.5. The first kappa shape index (κ1) is 43.9. The highest BCUT2D eigenvalue weighted by Crippen LogP contribution is 2.31. The number of hydrogen-bond donors (Lipinski definition) is 2. The quantitative estimate of drug-likeness (QED) is 0.118. The van der Waals surface area contributed by atoms with Crippen LogP contribution < -0.4 is 0 Å². The monoisotopic (exact) mass is 620 g/mol. The lowest BCUT2D eigenvalue weighted by Gasteiger charge is -2.27. The first-order valence-corrected chi connectivity index (χ1v) is 16.5. The van der Waals surface area contributed by atoms with Gasteiger partial charge in [0, 0.05) is 52.4 Å². The number of aliphatic hydroxyl groups excluding tert-OH is 2. The molecule has 5 nitrogen and oxygen atoms in total. The molecule has 2 aromatic rings. The number of unbranched alkanes of at least 4 members (excludes halogenated alkanes) is 1. The van der Waals surface area contributed by atoms with Crippen LogP contribution >= 0.6 is 0 Å². The van der Waals surface area contributed by atoms with E-state index in [1.54, 1.807) is 0 Å². The van der Waals surface area contributed by atoms with Gasteiger partial charge in [0.15, 0.2) is 0 Å². The zero-order chi connectivity index (χ0) is 34.5. The Morgan fingerprint density at radius 2 is 1.44 bits per heavy atom. The van der Waals surface area contributed by atoms with E-state index in [0.29, 0.717) is 0 Å². The van der Waals surface area contributed by atoms with Crippen molar-refractivity contribution in [1.29, 1.82) is 0 Å². The van der Waals surface area contributed by atoms with Gasteiger partial charge in [-0.05, 0) is 74.6 Å². The minimum atomic E-state index is 0.207. The van der Waals surface area contributed by atoms with Crippen LogP contribution in [0.3, 0.4) is 0 Å². The Balaban J connectivity index is 0. The molecule has 0 aromatic heterocycles. The van der Waals surface area contributed by atoms with Crippen molar-refractivity contribution < 1.29 is 14.9 Å². The second-order valence-corrected chi connectivity index (χ2v) is 10.7. The summed E-state index contributed by atoms with van der Waals surface area (Å²) in [5, 5.41) is 15.5. The maximum absolute atomic E-state index is 8.47. The minimum absolute atomic E-state index is 0.207. The Morgan fingerprint density at radius 3 is 1.91 bits per heavy atom.